The van der Waals surface area contributed by atoms with Crippen LogP contribution < -0.4 is 0 Å². The monoisotopic (exact) mass is 272 g/mol. The lowest BCUT2D eigenvalue weighted by Gasteiger charge is -2.07. The maximum atomic E-state index is 2.38. The van der Waals surface area contributed by atoms with E-state index in [4.69, 9.17) is 0 Å². The zero-order valence-electron chi connectivity index (χ0n) is 13.2. The molecule has 0 radical (unpaired) electrons. The molecule has 0 aromatic heterocycles. The molecule has 0 spiro atoms. The Kier molecular flexibility index (Phi) is 15.7. The van der Waals surface area contributed by atoms with Gasteiger partial charge in [-0.05, 0) is 30.3 Å². The van der Waals surface area contributed by atoms with Crippen LogP contribution in [-0.4, -0.2) is 11.5 Å². The lowest BCUT2D eigenvalue weighted by Crippen LogP contribution is -1.92. The highest BCUT2D eigenvalue weighted by molar-refractivity contribution is 7.99. The minimum atomic E-state index is 0.947. The molecule has 1 unspecified atom stereocenters. The molecule has 0 aliphatic heterocycles. The van der Waals surface area contributed by atoms with Gasteiger partial charge >= 0.3 is 0 Å². The van der Waals surface area contributed by atoms with E-state index < -0.39 is 0 Å². The molecule has 0 aliphatic rings. The van der Waals surface area contributed by atoms with E-state index in [2.05, 4.69) is 32.5 Å². The van der Waals surface area contributed by atoms with Crippen molar-refractivity contribution in [3.63, 3.8) is 0 Å². The molecule has 18 heavy (non-hydrogen) atoms. The molecule has 110 valence electrons. The Bertz CT molecular complexity index is 145. The number of thioether (sulfide) groups is 1. The van der Waals surface area contributed by atoms with Crippen molar-refractivity contribution in [3.05, 3.63) is 0 Å². The molecule has 0 fully saturated rings. The zero-order valence-corrected chi connectivity index (χ0v) is 14.0. The summed E-state index contributed by atoms with van der Waals surface area (Å²) < 4.78 is 0. The van der Waals surface area contributed by atoms with Crippen LogP contribution in [0.1, 0.15) is 91.4 Å². The van der Waals surface area contributed by atoms with E-state index in [1.54, 1.807) is 0 Å². The summed E-state index contributed by atoms with van der Waals surface area (Å²) in [5.74, 6) is 3.75. The predicted molar refractivity (Wildman–Crippen MR) is 88.6 cm³/mol. The Labute approximate surface area is 121 Å². The average molecular weight is 273 g/mol. The summed E-state index contributed by atoms with van der Waals surface area (Å²) >= 11 is 2.18. The Hall–Kier alpha value is 0.350. The quantitative estimate of drug-likeness (QED) is 0.318. The zero-order chi connectivity index (χ0) is 13.5. The van der Waals surface area contributed by atoms with Crippen LogP contribution in [0.5, 0.6) is 0 Å². The SMILES string of the molecule is CCCCCCCSCCCCCCC(C)CC. The normalized spacial score (nSPS) is 12.8. The molecule has 0 aliphatic carbocycles. The summed E-state index contributed by atoms with van der Waals surface area (Å²) in [6.07, 6.45) is 15.8. The first-order valence-electron chi connectivity index (χ1n) is 8.39. The third-order valence-corrected chi connectivity index (χ3v) is 4.98. The minimum absolute atomic E-state index is 0.947. The second kappa shape index (κ2) is 15.4. The molecule has 0 aromatic rings. The number of unbranched alkanes of at least 4 members (excludes halogenated alkanes) is 7. The van der Waals surface area contributed by atoms with Crippen molar-refractivity contribution in [2.24, 2.45) is 5.92 Å². The molecule has 0 bridgehead atoms. The molecule has 0 saturated heterocycles. The van der Waals surface area contributed by atoms with Crippen molar-refractivity contribution in [1.29, 1.82) is 0 Å². The van der Waals surface area contributed by atoms with Gasteiger partial charge in [-0.2, -0.15) is 11.8 Å². The molecule has 0 heterocycles. The fourth-order valence-corrected chi connectivity index (χ4v) is 3.18. The highest BCUT2D eigenvalue weighted by Crippen LogP contribution is 2.15. The van der Waals surface area contributed by atoms with Crippen LogP contribution in [0.4, 0.5) is 0 Å². The van der Waals surface area contributed by atoms with Crippen LogP contribution in [0.3, 0.4) is 0 Å². The fourth-order valence-electron chi connectivity index (χ4n) is 2.16. The van der Waals surface area contributed by atoms with Gasteiger partial charge in [0.2, 0.25) is 0 Å². The second-order valence-corrected chi connectivity index (χ2v) is 6.97. The van der Waals surface area contributed by atoms with Crippen molar-refractivity contribution in [1.82, 2.24) is 0 Å². The van der Waals surface area contributed by atoms with E-state index in [0.29, 0.717) is 0 Å². The van der Waals surface area contributed by atoms with Gasteiger partial charge in [-0.1, -0.05) is 78.6 Å². The number of hydrogen-bond donors (Lipinski definition) is 0. The summed E-state index contributed by atoms with van der Waals surface area (Å²) in [7, 11) is 0. The molecule has 0 aromatic carbocycles. The third kappa shape index (κ3) is 14.4. The highest BCUT2D eigenvalue weighted by atomic mass is 32.2. The Balaban J connectivity index is 2.94. The highest BCUT2D eigenvalue weighted by Gasteiger charge is 1.98. The summed E-state index contributed by atoms with van der Waals surface area (Å²) in [4.78, 5) is 0. The van der Waals surface area contributed by atoms with Crippen molar-refractivity contribution in [3.8, 4) is 0 Å². The topological polar surface area (TPSA) is 0 Å². The average Bonchev–Trinajstić information content (AvgIpc) is 2.39. The van der Waals surface area contributed by atoms with Crippen molar-refractivity contribution in [2.75, 3.05) is 11.5 Å². The maximum absolute atomic E-state index is 2.38. The summed E-state index contributed by atoms with van der Waals surface area (Å²) in [6, 6.07) is 0. The molecule has 1 heteroatoms. The molecule has 0 N–H and O–H groups in total. The van der Waals surface area contributed by atoms with Gasteiger partial charge in [0.05, 0.1) is 0 Å². The Morgan fingerprint density at radius 2 is 1.28 bits per heavy atom. The smallest absolute Gasteiger partial charge is 0.00675 e. The third-order valence-electron chi connectivity index (χ3n) is 3.82. The largest absolute Gasteiger partial charge is 0.162 e. The first-order chi connectivity index (χ1) is 8.81. The summed E-state index contributed by atoms with van der Waals surface area (Å²) in [5, 5.41) is 0. The number of hydrogen-bond acceptors (Lipinski definition) is 1. The van der Waals surface area contributed by atoms with Crippen LogP contribution >= 0.6 is 11.8 Å². The van der Waals surface area contributed by atoms with E-state index in [0.717, 1.165) is 5.92 Å². The van der Waals surface area contributed by atoms with Gasteiger partial charge in [-0.3, -0.25) is 0 Å². The molecule has 0 amide bonds. The van der Waals surface area contributed by atoms with Gasteiger partial charge in [-0.25, -0.2) is 0 Å². The summed E-state index contributed by atoms with van der Waals surface area (Å²) in [6.45, 7) is 6.98. The van der Waals surface area contributed by atoms with Gasteiger partial charge in [0.1, 0.15) is 0 Å². The van der Waals surface area contributed by atoms with Crippen LogP contribution in [0.2, 0.25) is 0 Å². The predicted octanol–water partition coefficient (Wildman–Crippen LogP) is 6.69. The van der Waals surface area contributed by atoms with E-state index in [1.165, 1.54) is 82.1 Å². The Morgan fingerprint density at radius 3 is 1.83 bits per heavy atom. The Morgan fingerprint density at radius 1 is 0.722 bits per heavy atom. The fraction of sp³-hybridized carbons (Fsp3) is 1.00. The summed E-state index contributed by atoms with van der Waals surface area (Å²) in [5.41, 5.74) is 0. The molecule has 0 rings (SSSR count). The van der Waals surface area contributed by atoms with E-state index in [1.807, 2.05) is 0 Å². The van der Waals surface area contributed by atoms with E-state index in [-0.39, 0.29) is 0 Å². The lowest BCUT2D eigenvalue weighted by atomic mass is 10.0. The minimum Gasteiger partial charge on any atom is -0.162 e. The van der Waals surface area contributed by atoms with Crippen molar-refractivity contribution in [2.45, 2.75) is 91.4 Å². The van der Waals surface area contributed by atoms with Crippen LogP contribution in [0.15, 0.2) is 0 Å². The second-order valence-electron chi connectivity index (χ2n) is 5.74. The standard InChI is InChI=1S/C17H36S/c1-4-6-7-9-12-15-18-16-13-10-8-11-14-17(3)5-2/h17H,4-16H2,1-3H3. The molecule has 1 atom stereocenters. The van der Waals surface area contributed by atoms with Crippen LogP contribution in [-0.2, 0) is 0 Å². The van der Waals surface area contributed by atoms with E-state index in [9.17, 15) is 0 Å². The van der Waals surface area contributed by atoms with Crippen molar-refractivity contribution < 1.29 is 0 Å². The molecule has 0 nitrogen and oxygen atoms in total. The molecule has 0 saturated carbocycles. The number of rotatable bonds is 14. The van der Waals surface area contributed by atoms with Crippen LogP contribution in [0, 0.1) is 5.92 Å². The first-order valence-corrected chi connectivity index (χ1v) is 9.54. The lowest BCUT2D eigenvalue weighted by molar-refractivity contribution is 0.477. The van der Waals surface area contributed by atoms with Crippen LogP contribution in [0.25, 0.3) is 0 Å². The van der Waals surface area contributed by atoms with Gasteiger partial charge in [-0.15, -0.1) is 0 Å². The van der Waals surface area contributed by atoms with Crippen molar-refractivity contribution >= 4 is 11.8 Å². The van der Waals surface area contributed by atoms with Gasteiger partial charge in [0, 0.05) is 0 Å². The van der Waals surface area contributed by atoms with Gasteiger partial charge < -0.3 is 0 Å². The maximum Gasteiger partial charge on any atom is -0.00675 e. The first kappa shape index (κ1) is 18.4. The van der Waals surface area contributed by atoms with Gasteiger partial charge in [0.25, 0.3) is 0 Å². The van der Waals surface area contributed by atoms with Gasteiger partial charge in [0.15, 0.2) is 0 Å². The molecular weight excluding hydrogens is 236 g/mol. The van der Waals surface area contributed by atoms with E-state index >= 15 is 0 Å². The molecular formula is C17H36S.